The number of imide groups is 1. The van der Waals surface area contributed by atoms with Gasteiger partial charge in [0, 0.05) is 24.0 Å². The molecule has 3 atom stereocenters. The van der Waals surface area contributed by atoms with Crippen LogP contribution in [0.15, 0.2) is 36.4 Å². The van der Waals surface area contributed by atoms with Crippen molar-refractivity contribution in [1.29, 1.82) is 0 Å². The number of carbonyl (C=O) groups excluding carboxylic acids is 2. The third kappa shape index (κ3) is 4.44. The topological polar surface area (TPSA) is 76.7 Å². The lowest BCUT2D eigenvalue weighted by Gasteiger charge is -2.41. The van der Waals surface area contributed by atoms with Gasteiger partial charge in [-0.1, -0.05) is 42.8 Å². The van der Waals surface area contributed by atoms with Gasteiger partial charge >= 0.3 is 6.03 Å². The molecule has 3 aliphatic heterocycles. The highest BCUT2D eigenvalue weighted by atomic mass is 35.5. The van der Waals surface area contributed by atoms with Gasteiger partial charge < -0.3 is 10.2 Å². The zero-order valence-electron chi connectivity index (χ0n) is 19.0. The lowest BCUT2D eigenvalue weighted by Crippen LogP contribution is -2.56. The molecule has 0 bridgehead atoms. The second-order valence-corrected chi connectivity index (χ2v) is 9.93. The molecule has 3 saturated heterocycles. The lowest BCUT2D eigenvalue weighted by atomic mass is 9.75. The highest BCUT2D eigenvalue weighted by Gasteiger charge is 2.54. The average molecular weight is 460 g/mol. The van der Waals surface area contributed by atoms with Crippen LogP contribution in [-0.4, -0.2) is 60.0 Å². The molecule has 3 heterocycles. The van der Waals surface area contributed by atoms with E-state index in [0.29, 0.717) is 18.9 Å². The standard InChI is InChI=1S/C24H34ClN5O2/c1-4-24(22(31)30(14-16(2)3)23(32)27-24)19-9-11-29(12-10-19)15-18-13-26-28-21(18)17-5-7-20(25)8-6-17/h5-8,18-19,21,26,28H,2,4,9-15H2,1,3H3,(H,27,32). The first-order valence-corrected chi connectivity index (χ1v) is 12.0. The Balaban J connectivity index is 1.37. The second-order valence-electron chi connectivity index (χ2n) is 9.49. The molecule has 0 aromatic heterocycles. The fourth-order valence-electron chi connectivity index (χ4n) is 5.53. The Hall–Kier alpha value is -1.93. The van der Waals surface area contributed by atoms with Gasteiger partial charge in [0.05, 0.1) is 12.6 Å². The van der Waals surface area contributed by atoms with Gasteiger partial charge in [-0.2, -0.15) is 0 Å². The minimum absolute atomic E-state index is 0.0848. The summed E-state index contributed by atoms with van der Waals surface area (Å²) in [4.78, 5) is 29.6. The van der Waals surface area contributed by atoms with E-state index in [9.17, 15) is 9.59 Å². The van der Waals surface area contributed by atoms with Gasteiger partial charge in [0.15, 0.2) is 0 Å². The molecule has 3 unspecified atom stereocenters. The van der Waals surface area contributed by atoms with Crippen LogP contribution >= 0.6 is 11.6 Å². The van der Waals surface area contributed by atoms with Gasteiger partial charge in [0.25, 0.3) is 5.91 Å². The van der Waals surface area contributed by atoms with Crippen LogP contribution in [0.25, 0.3) is 0 Å². The quantitative estimate of drug-likeness (QED) is 0.431. The van der Waals surface area contributed by atoms with Crippen LogP contribution in [-0.2, 0) is 4.79 Å². The van der Waals surface area contributed by atoms with Gasteiger partial charge in [-0.05, 0) is 62.9 Å². The molecular formula is C24H34ClN5O2. The zero-order chi connectivity index (χ0) is 22.9. The van der Waals surface area contributed by atoms with Crippen molar-refractivity contribution in [3.63, 3.8) is 0 Å². The number of hydrogen-bond donors (Lipinski definition) is 3. The predicted octanol–water partition coefficient (Wildman–Crippen LogP) is 3.09. The third-order valence-electron chi connectivity index (χ3n) is 7.29. The molecule has 7 nitrogen and oxygen atoms in total. The van der Waals surface area contributed by atoms with E-state index >= 15 is 0 Å². The maximum Gasteiger partial charge on any atom is 0.325 e. The van der Waals surface area contributed by atoms with Crippen LogP contribution in [0, 0.1) is 11.8 Å². The SMILES string of the molecule is C=C(C)CN1C(=O)NC(CC)(C2CCN(CC3CNNC3c3ccc(Cl)cc3)CC2)C1=O. The van der Waals surface area contributed by atoms with Crippen LogP contribution < -0.4 is 16.2 Å². The van der Waals surface area contributed by atoms with Gasteiger partial charge in [-0.15, -0.1) is 0 Å². The fraction of sp³-hybridized carbons (Fsp3) is 0.583. The Labute approximate surface area is 195 Å². The molecular weight excluding hydrogens is 426 g/mol. The highest BCUT2D eigenvalue weighted by molar-refractivity contribution is 6.30. The molecule has 0 spiro atoms. The maximum atomic E-state index is 13.2. The minimum atomic E-state index is -0.777. The highest BCUT2D eigenvalue weighted by Crippen LogP contribution is 2.37. The largest absolute Gasteiger partial charge is 0.325 e. The summed E-state index contributed by atoms with van der Waals surface area (Å²) in [7, 11) is 0. The number of amides is 3. The number of nitrogens with zero attached hydrogens (tertiary/aromatic N) is 2. The Kier molecular flexibility index (Phi) is 6.91. The Bertz CT molecular complexity index is 868. The molecule has 32 heavy (non-hydrogen) atoms. The van der Waals surface area contributed by atoms with Crippen molar-refractivity contribution in [1.82, 2.24) is 26.0 Å². The first kappa shape index (κ1) is 23.2. The lowest BCUT2D eigenvalue weighted by molar-refractivity contribution is -0.134. The van der Waals surface area contributed by atoms with Crippen molar-refractivity contribution in [2.75, 3.05) is 32.7 Å². The number of likely N-dealkylation sites (tertiary alicyclic amines) is 1. The second kappa shape index (κ2) is 9.51. The minimum Gasteiger partial charge on any atom is -0.323 e. The molecule has 8 heteroatoms. The Morgan fingerprint density at radius 2 is 1.91 bits per heavy atom. The third-order valence-corrected chi connectivity index (χ3v) is 7.54. The number of piperidine rings is 1. The van der Waals surface area contributed by atoms with Crippen molar-refractivity contribution in [3.8, 4) is 0 Å². The summed E-state index contributed by atoms with van der Waals surface area (Å²) in [5.74, 6) is 0.521. The van der Waals surface area contributed by atoms with Crippen LogP contribution in [0.1, 0.15) is 44.7 Å². The average Bonchev–Trinajstić information content (AvgIpc) is 3.33. The summed E-state index contributed by atoms with van der Waals surface area (Å²) in [6.07, 6.45) is 2.42. The molecule has 0 radical (unpaired) electrons. The van der Waals surface area contributed by atoms with Gasteiger partial charge in [0.2, 0.25) is 0 Å². The summed E-state index contributed by atoms with van der Waals surface area (Å²) in [6, 6.07) is 8.01. The van der Waals surface area contributed by atoms with E-state index in [0.717, 1.165) is 49.6 Å². The van der Waals surface area contributed by atoms with E-state index < -0.39 is 5.54 Å². The van der Waals surface area contributed by atoms with Crippen LogP contribution in [0.3, 0.4) is 0 Å². The van der Waals surface area contributed by atoms with E-state index in [4.69, 9.17) is 11.6 Å². The van der Waals surface area contributed by atoms with Gasteiger partial charge in [-0.3, -0.25) is 15.1 Å². The number of nitrogens with one attached hydrogen (secondary N) is 3. The van der Waals surface area contributed by atoms with Crippen LogP contribution in [0.5, 0.6) is 0 Å². The smallest absolute Gasteiger partial charge is 0.323 e. The van der Waals surface area contributed by atoms with E-state index in [1.165, 1.54) is 10.5 Å². The monoisotopic (exact) mass is 459 g/mol. The summed E-state index contributed by atoms with van der Waals surface area (Å²) >= 11 is 6.05. The maximum absolute atomic E-state index is 13.2. The first-order valence-electron chi connectivity index (χ1n) is 11.6. The molecule has 3 aliphatic rings. The van der Waals surface area contributed by atoms with Gasteiger partial charge in [-0.25, -0.2) is 10.2 Å². The first-order chi connectivity index (χ1) is 15.3. The molecule has 1 aromatic carbocycles. The number of carbonyl (C=O) groups is 2. The van der Waals surface area contributed by atoms with Crippen molar-refractivity contribution >= 4 is 23.5 Å². The van der Waals surface area contributed by atoms with Crippen LogP contribution in [0.4, 0.5) is 4.79 Å². The molecule has 1 aromatic rings. The van der Waals surface area contributed by atoms with Crippen molar-refractivity contribution in [2.45, 2.75) is 44.7 Å². The zero-order valence-corrected chi connectivity index (χ0v) is 19.8. The Morgan fingerprint density at radius 3 is 2.53 bits per heavy atom. The summed E-state index contributed by atoms with van der Waals surface area (Å²) in [5, 5.41) is 3.81. The summed E-state index contributed by atoms with van der Waals surface area (Å²) in [5.41, 5.74) is 7.99. The number of rotatable bonds is 7. The van der Waals surface area contributed by atoms with Crippen molar-refractivity contribution < 1.29 is 9.59 Å². The van der Waals surface area contributed by atoms with Crippen molar-refractivity contribution in [2.24, 2.45) is 11.8 Å². The number of hydrogen-bond acceptors (Lipinski definition) is 5. The van der Waals surface area contributed by atoms with E-state index in [-0.39, 0.29) is 23.9 Å². The van der Waals surface area contributed by atoms with Crippen molar-refractivity contribution in [3.05, 3.63) is 47.0 Å². The molecule has 0 aliphatic carbocycles. The summed E-state index contributed by atoms with van der Waals surface area (Å²) in [6.45, 7) is 11.8. The molecule has 3 N–H and O–H groups in total. The number of urea groups is 1. The molecule has 174 valence electrons. The molecule has 3 amide bonds. The molecule has 0 saturated carbocycles. The van der Waals surface area contributed by atoms with E-state index in [2.05, 4.69) is 39.8 Å². The normalized spacial score (nSPS) is 29.5. The van der Waals surface area contributed by atoms with Crippen LogP contribution in [0.2, 0.25) is 5.02 Å². The van der Waals surface area contributed by atoms with E-state index in [1.54, 1.807) is 0 Å². The Morgan fingerprint density at radius 1 is 1.22 bits per heavy atom. The summed E-state index contributed by atoms with van der Waals surface area (Å²) < 4.78 is 0. The molecule has 4 rings (SSSR count). The number of benzene rings is 1. The van der Waals surface area contributed by atoms with Gasteiger partial charge in [0.1, 0.15) is 5.54 Å². The number of halogens is 1. The number of hydrazine groups is 1. The predicted molar refractivity (Wildman–Crippen MR) is 126 cm³/mol. The fourth-order valence-corrected chi connectivity index (χ4v) is 5.66. The van der Waals surface area contributed by atoms with E-state index in [1.807, 2.05) is 26.0 Å². The molecule has 3 fully saturated rings.